The van der Waals surface area contributed by atoms with Gasteiger partial charge in [0.1, 0.15) is 34.6 Å². The van der Waals surface area contributed by atoms with E-state index in [-0.39, 0.29) is 11.5 Å². The molecule has 0 unspecified atom stereocenters. The Morgan fingerprint density at radius 1 is 0.414 bits per heavy atom. The number of halogens is 4. The van der Waals surface area contributed by atoms with E-state index < -0.39 is 0 Å². The third kappa shape index (κ3) is 21.9. The lowest BCUT2D eigenvalue weighted by atomic mass is 9.45. The van der Waals surface area contributed by atoms with Gasteiger partial charge >= 0.3 is 0 Å². The van der Waals surface area contributed by atoms with Crippen molar-refractivity contribution >= 4 is 69.3 Å². The number of phenols is 4. The van der Waals surface area contributed by atoms with E-state index >= 15 is 0 Å². The second-order valence-corrected chi connectivity index (χ2v) is 56.7. The van der Waals surface area contributed by atoms with Crippen molar-refractivity contribution in [1.82, 2.24) is 45.5 Å². The Labute approximate surface area is 903 Å². The van der Waals surface area contributed by atoms with E-state index in [9.17, 15) is 20.4 Å². The third-order valence-corrected chi connectivity index (χ3v) is 46.0. The van der Waals surface area contributed by atoms with E-state index in [4.69, 9.17) is 18.6 Å². The molecule has 0 aliphatic heterocycles. The molecule has 0 amide bonds. The van der Waals surface area contributed by atoms with Gasteiger partial charge in [-0.2, -0.15) is 0 Å². The highest BCUT2D eigenvalue weighted by molar-refractivity contribution is 9.11. The van der Waals surface area contributed by atoms with Gasteiger partial charge in [-0.3, -0.25) is 19.6 Å². The van der Waals surface area contributed by atoms with Crippen LogP contribution in [0, 0.1) is 141 Å². The van der Waals surface area contributed by atoms with Crippen LogP contribution in [0.25, 0.3) is 5.57 Å². The molecule has 8 N–H and O–H groups in total. The van der Waals surface area contributed by atoms with Crippen LogP contribution in [-0.4, -0.2) is 146 Å². The van der Waals surface area contributed by atoms with Crippen molar-refractivity contribution in [1.29, 1.82) is 0 Å². The summed E-state index contributed by atoms with van der Waals surface area (Å²) in [4.78, 5) is 17.6. The van der Waals surface area contributed by atoms with Crippen molar-refractivity contribution in [2.45, 2.75) is 341 Å². The number of hydrogen-bond acceptors (Lipinski definition) is 16. The second kappa shape index (κ2) is 43.1. The molecule has 25 saturated carbocycles. The van der Waals surface area contributed by atoms with Crippen molar-refractivity contribution in [2.75, 3.05) is 56.1 Å². The summed E-state index contributed by atoms with van der Waals surface area (Å²) < 4.78 is 25.0. The normalized spacial score (nSPS) is 36.4. The minimum Gasteiger partial charge on any atom is -0.508 e. The van der Waals surface area contributed by atoms with Crippen molar-refractivity contribution in [3.05, 3.63) is 179 Å². The van der Waals surface area contributed by atoms with Gasteiger partial charge in [0, 0.05) is 129 Å². The first-order valence-corrected chi connectivity index (χ1v) is 59.9. The number of H-pyrrole nitrogens is 1. The van der Waals surface area contributed by atoms with Gasteiger partial charge in [-0.1, -0.05) is 125 Å². The standard InChI is InChI=1S/C20H27N.3C19H26BrNO2.C18H24BrNO.C15H23NO.C14H23N3/c1-13-18-10-16(20(18,2)3)11-19(13)21-12-15-9-8-14-6-4-5-7-17(14)15;1-21(11-15-6-16(20)17(22)7-18(15)23-2)19-8-12-3-13(9-19)5-14(4-12)10-19;1-21(11-15-6-16(20)7-17(22)18(15)23-2)19-8-12-3-13(9-19)5-14(4-12)10-19;1-21(11-15-17(23-2)4-3-16(20)18(15)22)19-8-12-5-13(9-19)7-14(6-12)10-19;1-20(11-15-7-16(19)2-3-17(15)21)18-8-12-4-13(9-18)6-14(5-12)10-18;1-10-13-6-12(15(13,2)3)7-14(10)16-8-11-4-5-17-9-11;1-9-11-6-10(14(11,2)3)7-12(9)17-8-13-15-4-5-16-13/h4-7,9,13,16,18-19,21H,8,10-12H2,1-3H3;2*6-7,12-14,22H,3-5,8-11H2,1-2H3;3-4,12-14,22H,5-11H2,1-2H3;2-3,7,12-14,21H,4-6,8-11H2,1H3;4-5,9-10,12-14,16H,6-8H2,1-3H3;4-5,9-12,17H,6-8H2,1-3H3,(H,15,16)/t13-,16+,18-,19-;;;;;10-,12+,13-,14-;9-,10+,11-,12-/m0....00/s1. The molecule has 2 aromatic heterocycles. The minimum absolute atomic E-state index is 0.218. The van der Waals surface area contributed by atoms with Crippen LogP contribution in [0.3, 0.4) is 0 Å². The first-order valence-electron chi connectivity index (χ1n) is 56.7. The Balaban J connectivity index is 0.000000103. The first-order chi connectivity index (χ1) is 69.3. The quantitative estimate of drug-likeness (QED) is 0.0284. The Hall–Kier alpha value is -5.43. The van der Waals surface area contributed by atoms with Crippen LogP contribution in [0.1, 0.15) is 300 Å². The summed E-state index contributed by atoms with van der Waals surface area (Å²) in [5.74, 6) is 23.8. The number of furan rings is 1. The number of hydrogen-bond donors (Lipinski definition) is 8. The van der Waals surface area contributed by atoms with E-state index in [2.05, 4.69) is 242 Å². The molecule has 7 aromatic rings. The lowest BCUT2D eigenvalue weighted by Gasteiger charge is -2.62. The number of aromatic amines is 1. The maximum Gasteiger partial charge on any atom is 0.165 e. The zero-order valence-corrected chi connectivity index (χ0v) is 96.7. The SMILES string of the molecule is CN(Cc1cc(Br)ccc1O)C12CC3CC(CC(C3)C1)C2.COc1c(O)cc(Br)cc1CN(C)C12CC3CC(CC(C3)C1)C2.COc1cc(O)c(Br)cc1CN(C)C12CC3CC(CC(C3)C1)C2.COc1ccc(Br)c(O)c1CN(C)C12CC3CC(CC(C3)C1)C2.C[C@@H]1[C@@H](NCC2=CCc3ccccc32)C[C@H]2C[C@@H]1C2(C)C.C[C@@H]1[C@@H](NCc2ccoc2)C[C@H]2C[C@@H]1C2(C)C.C[C@@H]1[C@@H](NCc2ncc[nH]2)C[C@H]2C[C@@H]1C2(C)C. The Bertz CT molecular complexity index is 5440. The fourth-order valence-electron chi connectivity index (χ4n) is 36.6. The third-order valence-electron chi connectivity index (χ3n) is 43.8. The van der Waals surface area contributed by atoms with Crippen molar-refractivity contribution in [2.24, 2.45) is 141 Å². The fourth-order valence-corrected chi connectivity index (χ4v) is 38.3. The van der Waals surface area contributed by atoms with E-state index in [0.717, 1.165) is 240 Å². The molecule has 25 fully saturated rings. The van der Waals surface area contributed by atoms with E-state index in [1.165, 1.54) is 215 Å². The first kappa shape index (κ1) is 107. The van der Waals surface area contributed by atoms with Crippen LogP contribution in [0.2, 0.25) is 0 Å². The molecule has 0 spiro atoms. The molecule has 12 atom stereocenters. The summed E-state index contributed by atoms with van der Waals surface area (Å²) in [7, 11) is 14.1. The molecule has 5 aromatic carbocycles. The number of nitrogens with zero attached hydrogens (tertiary/aromatic N) is 5. The summed E-state index contributed by atoms with van der Waals surface area (Å²) in [5.41, 5.74) is 13.2. The molecule has 145 heavy (non-hydrogen) atoms. The summed E-state index contributed by atoms with van der Waals surface area (Å²) in [5, 5.41) is 51.9. The fraction of sp³-hybridized carbons (Fsp3) is 0.685. The maximum absolute atomic E-state index is 10.5. The average molecular weight is 2240 g/mol. The van der Waals surface area contributed by atoms with Crippen LogP contribution in [-0.2, 0) is 45.7 Å². The van der Waals surface area contributed by atoms with Crippen LogP contribution < -0.4 is 30.2 Å². The molecule has 2 heterocycles. The van der Waals surface area contributed by atoms with Gasteiger partial charge in [-0.15, -0.1) is 0 Å². The number of phenolic OH excluding ortho intramolecular Hbond substituents is 4. The number of imidazole rings is 1. The molecular formula is C124H175Br4N9O8. The highest BCUT2D eigenvalue weighted by Gasteiger charge is 2.62. The molecule has 33 rings (SSSR count). The van der Waals surface area contributed by atoms with Crippen LogP contribution in [0.4, 0.5) is 0 Å². The zero-order chi connectivity index (χ0) is 102. The minimum atomic E-state index is 0.218. The molecular weight excluding hydrogens is 2060 g/mol. The molecule has 22 bridgehead atoms. The molecule has 26 aliphatic rings. The van der Waals surface area contributed by atoms with Gasteiger partial charge in [0.05, 0.1) is 54.9 Å². The predicted octanol–water partition coefficient (Wildman–Crippen LogP) is 28.5. The Morgan fingerprint density at radius 2 is 0.834 bits per heavy atom. The number of aromatic hydroxyl groups is 4. The number of benzene rings is 5. The van der Waals surface area contributed by atoms with Crippen LogP contribution in [0.5, 0.6) is 40.2 Å². The van der Waals surface area contributed by atoms with Gasteiger partial charge in [0.2, 0.25) is 0 Å². The molecule has 26 aliphatic carbocycles. The average Bonchev–Trinajstić information content (AvgIpc) is 1.14. The van der Waals surface area contributed by atoms with Crippen molar-refractivity contribution in [3.63, 3.8) is 0 Å². The van der Waals surface area contributed by atoms with Gasteiger partial charge < -0.3 is 60.0 Å². The highest BCUT2D eigenvalue weighted by Crippen LogP contribution is 2.67. The van der Waals surface area contributed by atoms with Gasteiger partial charge in [-0.05, 0) is 471 Å². The van der Waals surface area contributed by atoms with Gasteiger partial charge in [0.25, 0.3) is 0 Å². The number of ether oxygens (including phenoxy) is 3. The van der Waals surface area contributed by atoms with Gasteiger partial charge in [-0.25, -0.2) is 4.98 Å². The molecule has 0 saturated heterocycles. The monoisotopic (exact) mass is 2230 g/mol. The largest absolute Gasteiger partial charge is 0.508 e. The summed E-state index contributed by atoms with van der Waals surface area (Å²) in [6.45, 7) is 28.3. The zero-order valence-electron chi connectivity index (χ0n) is 90.4. The van der Waals surface area contributed by atoms with Crippen molar-refractivity contribution in [3.8, 4) is 40.2 Å². The smallest absolute Gasteiger partial charge is 0.165 e. The lowest BCUT2D eigenvalue weighted by Crippen LogP contribution is -2.60. The molecule has 21 heteroatoms. The molecule has 0 radical (unpaired) electrons. The van der Waals surface area contributed by atoms with E-state index in [0.29, 0.717) is 67.7 Å². The lowest BCUT2D eigenvalue weighted by molar-refractivity contribution is -0.115. The Morgan fingerprint density at radius 3 is 1.25 bits per heavy atom. The number of aromatic nitrogens is 2. The summed E-state index contributed by atoms with van der Waals surface area (Å²) in [6.07, 6.45) is 53.3. The molecule has 792 valence electrons. The molecule has 17 nitrogen and oxygen atoms in total. The Kier molecular flexibility index (Phi) is 31.7. The summed E-state index contributed by atoms with van der Waals surface area (Å²) in [6, 6.07) is 30.1. The van der Waals surface area contributed by atoms with Gasteiger partial charge in [0.15, 0.2) is 11.5 Å². The van der Waals surface area contributed by atoms with Crippen LogP contribution in [0.15, 0.2) is 138 Å². The number of fused-ring (bicyclic) bond motifs is 7. The van der Waals surface area contributed by atoms with Crippen LogP contribution >= 0.6 is 63.7 Å². The highest BCUT2D eigenvalue weighted by atomic mass is 79.9. The predicted molar refractivity (Wildman–Crippen MR) is 598 cm³/mol. The topological polar surface area (TPSA) is 199 Å². The number of methoxy groups -OCH3 is 3. The number of allylic oxidation sites excluding steroid dienone is 1. The second-order valence-electron chi connectivity index (χ2n) is 53.2. The van der Waals surface area contributed by atoms with E-state index in [1.807, 2.05) is 49.0 Å². The maximum atomic E-state index is 10.5. The number of rotatable bonds is 24. The van der Waals surface area contributed by atoms with E-state index in [1.54, 1.807) is 45.8 Å². The summed E-state index contributed by atoms with van der Waals surface area (Å²) >= 11 is 13.9. The van der Waals surface area contributed by atoms with Crippen molar-refractivity contribution < 1.29 is 39.1 Å². The number of nitrogens with one attached hydrogen (secondary N) is 4.